The summed E-state index contributed by atoms with van der Waals surface area (Å²) in [5.41, 5.74) is 1.83. The van der Waals surface area contributed by atoms with E-state index in [-0.39, 0.29) is 5.91 Å². The van der Waals surface area contributed by atoms with Crippen LogP contribution in [0.3, 0.4) is 0 Å². The van der Waals surface area contributed by atoms with Crippen molar-refractivity contribution in [1.29, 1.82) is 0 Å². The average Bonchev–Trinajstić information content (AvgIpc) is 2.42. The van der Waals surface area contributed by atoms with Gasteiger partial charge in [0, 0.05) is 18.7 Å². The highest BCUT2D eigenvalue weighted by Gasteiger charge is 2.16. The molecule has 1 rings (SSSR count). The summed E-state index contributed by atoms with van der Waals surface area (Å²) in [7, 11) is 1.33. The molecule has 0 heterocycles. The summed E-state index contributed by atoms with van der Waals surface area (Å²) < 4.78 is 4.70. The molecule has 1 aromatic carbocycles. The topological polar surface area (TPSA) is 46.6 Å². The Hall–Kier alpha value is -1.84. The Morgan fingerprint density at radius 2 is 1.79 bits per heavy atom. The summed E-state index contributed by atoms with van der Waals surface area (Å²) in [4.78, 5) is 25.7. The third-order valence-electron chi connectivity index (χ3n) is 2.91. The summed E-state index contributed by atoms with van der Waals surface area (Å²) >= 11 is 0. The fourth-order valence-corrected chi connectivity index (χ4v) is 2.00. The molecule has 0 aliphatic carbocycles. The minimum absolute atomic E-state index is 0.0433. The van der Waals surface area contributed by atoms with Gasteiger partial charge in [0.2, 0.25) is 0 Å². The molecular weight excluding hydrogens is 242 g/mol. The normalized spacial score (nSPS) is 10.1. The summed E-state index contributed by atoms with van der Waals surface area (Å²) in [5.74, 6) is -0.463. The van der Waals surface area contributed by atoms with Crippen LogP contribution in [0.15, 0.2) is 18.2 Å². The molecule has 0 N–H and O–H groups in total. The third kappa shape index (κ3) is 3.81. The Morgan fingerprint density at radius 3 is 2.32 bits per heavy atom. The number of nitrogens with zero attached hydrogens (tertiary/aromatic N) is 1. The van der Waals surface area contributed by atoms with E-state index in [4.69, 9.17) is 4.74 Å². The van der Waals surface area contributed by atoms with Gasteiger partial charge in [0.05, 0.1) is 12.7 Å². The van der Waals surface area contributed by atoms with Crippen LogP contribution in [0.1, 0.15) is 46.5 Å². The molecular formula is C15H21NO3. The number of hydrogen-bond donors (Lipinski definition) is 0. The highest BCUT2D eigenvalue weighted by molar-refractivity contribution is 5.98. The first kappa shape index (κ1) is 15.2. The maximum atomic E-state index is 12.4. The lowest BCUT2D eigenvalue weighted by Crippen LogP contribution is -2.31. The number of carbonyl (C=O) groups is 2. The molecule has 0 radical (unpaired) electrons. The van der Waals surface area contributed by atoms with Crippen LogP contribution in [0.5, 0.6) is 0 Å². The highest BCUT2D eigenvalue weighted by atomic mass is 16.5. The van der Waals surface area contributed by atoms with Crippen LogP contribution in [0, 0.1) is 6.92 Å². The zero-order valence-electron chi connectivity index (χ0n) is 12.0. The Labute approximate surface area is 114 Å². The molecule has 0 aliphatic heterocycles. The van der Waals surface area contributed by atoms with Gasteiger partial charge in [-0.3, -0.25) is 4.79 Å². The number of benzene rings is 1. The van der Waals surface area contributed by atoms with E-state index in [9.17, 15) is 9.59 Å². The second-order valence-electron chi connectivity index (χ2n) is 4.46. The van der Waals surface area contributed by atoms with E-state index in [0.717, 1.165) is 18.5 Å². The second-order valence-corrected chi connectivity index (χ2v) is 4.46. The Bertz CT molecular complexity index is 468. The lowest BCUT2D eigenvalue weighted by molar-refractivity contribution is 0.0600. The van der Waals surface area contributed by atoms with Gasteiger partial charge >= 0.3 is 5.97 Å². The molecule has 1 amide bonds. The molecule has 4 nitrogen and oxygen atoms in total. The fourth-order valence-electron chi connectivity index (χ4n) is 2.00. The molecule has 0 unspecified atom stereocenters. The van der Waals surface area contributed by atoms with Gasteiger partial charge in [0.1, 0.15) is 0 Å². The summed E-state index contributed by atoms with van der Waals surface area (Å²) in [6.07, 6.45) is 0.912. The van der Waals surface area contributed by atoms with Crippen LogP contribution in [0.4, 0.5) is 0 Å². The van der Waals surface area contributed by atoms with Crippen LogP contribution in [0.2, 0.25) is 0 Å². The van der Waals surface area contributed by atoms with Crippen LogP contribution >= 0.6 is 0 Å². The number of amides is 1. The van der Waals surface area contributed by atoms with Crippen molar-refractivity contribution in [3.63, 3.8) is 0 Å². The molecule has 4 heteroatoms. The molecule has 0 fully saturated rings. The quantitative estimate of drug-likeness (QED) is 0.767. The van der Waals surface area contributed by atoms with E-state index in [0.29, 0.717) is 17.7 Å². The zero-order valence-corrected chi connectivity index (χ0v) is 12.0. The van der Waals surface area contributed by atoms with Gasteiger partial charge in [-0.2, -0.15) is 0 Å². The first-order valence-corrected chi connectivity index (χ1v) is 6.52. The number of rotatable bonds is 5. The molecule has 0 bridgehead atoms. The van der Waals surface area contributed by atoms with E-state index in [1.165, 1.54) is 7.11 Å². The monoisotopic (exact) mass is 263 g/mol. The summed E-state index contributed by atoms with van der Waals surface area (Å²) in [6, 6.07) is 5.12. The van der Waals surface area contributed by atoms with Crippen molar-refractivity contribution < 1.29 is 14.3 Å². The number of aryl methyl sites for hydroxylation is 1. The highest BCUT2D eigenvalue weighted by Crippen LogP contribution is 2.13. The minimum Gasteiger partial charge on any atom is -0.465 e. The molecule has 104 valence electrons. The number of hydrogen-bond acceptors (Lipinski definition) is 3. The summed E-state index contributed by atoms with van der Waals surface area (Å²) in [6.45, 7) is 7.22. The molecule has 1 aromatic rings. The molecule has 0 spiro atoms. The van der Waals surface area contributed by atoms with Crippen molar-refractivity contribution in [1.82, 2.24) is 4.90 Å². The van der Waals surface area contributed by atoms with Crippen molar-refractivity contribution in [2.24, 2.45) is 0 Å². The largest absolute Gasteiger partial charge is 0.465 e. The van der Waals surface area contributed by atoms with Crippen LogP contribution in [0.25, 0.3) is 0 Å². The van der Waals surface area contributed by atoms with Crippen molar-refractivity contribution in [3.05, 3.63) is 34.9 Å². The van der Waals surface area contributed by atoms with Gasteiger partial charge in [-0.05, 0) is 44.0 Å². The summed E-state index contributed by atoms with van der Waals surface area (Å²) in [5, 5.41) is 0. The van der Waals surface area contributed by atoms with Gasteiger partial charge in [0.15, 0.2) is 0 Å². The Kier molecular flexibility index (Phi) is 5.55. The Morgan fingerprint density at radius 1 is 1.16 bits per heavy atom. The predicted molar refractivity (Wildman–Crippen MR) is 74.4 cm³/mol. The fraction of sp³-hybridized carbons (Fsp3) is 0.467. The first-order valence-electron chi connectivity index (χ1n) is 6.52. The molecule has 0 atom stereocenters. The van der Waals surface area contributed by atoms with Gasteiger partial charge in [-0.1, -0.05) is 6.92 Å². The minimum atomic E-state index is -0.420. The van der Waals surface area contributed by atoms with Gasteiger partial charge in [-0.15, -0.1) is 0 Å². The van der Waals surface area contributed by atoms with Gasteiger partial charge in [-0.25, -0.2) is 4.79 Å². The average molecular weight is 263 g/mol. The first-order chi connectivity index (χ1) is 9.03. The smallest absolute Gasteiger partial charge is 0.337 e. The maximum absolute atomic E-state index is 12.4. The Balaban J connectivity index is 3.09. The third-order valence-corrected chi connectivity index (χ3v) is 2.91. The van der Waals surface area contributed by atoms with Crippen molar-refractivity contribution in [3.8, 4) is 0 Å². The maximum Gasteiger partial charge on any atom is 0.337 e. The van der Waals surface area contributed by atoms with Crippen LogP contribution in [-0.2, 0) is 4.74 Å². The van der Waals surface area contributed by atoms with Crippen LogP contribution in [-0.4, -0.2) is 37.0 Å². The van der Waals surface area contributed by atoms with Gasteiger partial charge < -0.3 is 9.64 Å². The lowest BCUT2D eigenvalue weighted by Gasteiger charge is -2.20. The van der Waals surface area contributed by atoms with E-state index in [1.807, 2.05) is 20.8 Å². The molecule has 0 aliphatic rings. The number of ether oxygens (including phenoxy) is 1. The zero-order chi connectivity index (χ0) is 14.4. The predicted octanol–water partition coefficient (Wildman–Crippen LogP) is 2.65. The van der Waals surface area contributed by atoms with E-state index in [2.05, 4.69) is 0 Å². The standard InChI is InChI=1S/C15H21NO3/c1-5-7-16(6-2)14(17)12-8-11(3)9-13(10-12)15(18)19-4/h8-10H,5-7H2,1-4H3. The second kappa shape index (κ2) is 6.92. The lowest BCUT2D eigenvalue weighted by atomic mass is 10.1. The van der Waals surface area contributed by atoms with Crippen LogP contribution < -0.4 is 0 Å². The molecule has 0 aromatic heterocycles. The van der Waals surface area contributed by atoms with E-state index in [1.54, 1.807) is 23.1 Å². The number of carbonyl (C=O) groups excluding carboxylic acids is 2. The number of esters is 1. The van der Waals surface area contributed by atoms with Crippen molar-refractivity contribution in [2.75, 3.05) is 20.2 Å². The molecule has 0 saturated carbocycles. The van der Waals surface area contributed by atoms with E-state index < -0.39 is 5.97 Å². The van der Waals surface area contributed by atoms with Gasteiger partial charge in [0.25, 0.3) is 5.91 Å². The molecule has 19 heavy (non-hydrogen) atoms. The van der Waals surface area contributed by atoms with Crippen molar-refractivity contribution in [2.45, 2.75) is 27.2 Å². The number of methoxy groups -OCH3 is 1. The SMILES string of the molecule is CCCN(CC)C(=O)c1cc(C)cc(C(=O)OC)c1. The van der Waals surface area contributed by atoms with Crippen molar-refractivity contribution >= 4 is 11.9 Å². The molecule has 0 saturated heterocycles. The van der Waals surface area contributed by atoms with E-state index >= 15 is 0 Å².